The Bertz CT molecular complexity index is 663. The molecule has 2 aromatic rings. The lowest BCUT2D eigenvalue weighted by Crippen LogP contribution is -2.14. The fourth-order valence-electron chi connectivity index (χ4n) is 1.71. The van der Waals surface area contributed by atoms with Crippen molar-refractivity contribution in [2.75, 3.05) is 11.3 Å². The third-order valence-electron chi connectivity index (χ3n) is 2.60. The Hall–Kier alpha value is -1.57. The lowest BCUT2D eigenvalue weighted by molar-refractivity contribution is 0.340. The Morgan fingerprint density at radius 1 is 1.25 bits per heavy atom. The van der Waals surface area contributed by atoms with Gasteiger partial charge in [0.1, 0.15) is 10.6 Å². The molecule has 3 N–H and O–H groups in total. The molecule has 1 heterocycles. The van der Waals surface area contributed by atoms with Crippen LogP contribution in [0.4, 0.5) is 5.69 Å². The van der Waals surface area contributed by atoms with Gasteiger partial charge >= 0.3 is 0 Å². The maximum atomic E-state index is 12.3. The number of anilines is 1. The molecule has 0 saturated heterocycles. The van der Waals surface area contributed by atoms with E-state index in [1.165, 1.54) is 11.3 Å². The molecule has 0 fully saturated rings. The molecule has 5 nitrogen and oxygen atoms in total. The molecule has 7 heteroatoms. The highest BCUT2D eigenvalue weighted by Crippen LogP contribution is 2.24. The van der Waals surface area contributed by atoms with Crippen molar-refractivity contribution in [1.29, 1.82) is 0 Å². The first-order valence-corrected chi connectivity index (χ1v) is 8.45. The van der Waals surface area contributed by atoms with Crippen LogP contribution in [0.5, 0.6) is 5.75 Å². The lowest BCUT2D eigenvalue weighted by Gasteiger charge is -2.09. The van der Waals surface area contributed by atoms with E-state index in [1.807, 2.05) is 6.92 Å². The molecular weight excluding hydrogens is 296 g/mol. The molecule has 0 spiro atoms. The summed E-state index contributed by atoms with van der Waals surface area (Å²) >= 11 is 1.33. The molecule has 0 saturated carbocycles. The fraction of sp³-hybridized carbons (Fsp3) is 0.231. The minimum atomic E-state index is -3.60. The van der Waals surface area contributed by atoms with Crippen LogP contribution in [0, 0.1) is 0 Å². The molecule has 0 bridgehead atoms. The van der Waals surface area contributed by atoms with Crippen LogP contribution in [0.2, 0.25) is 0 Å². The van der Waals surface area contributed by atoms with Crippen molar-refractivity contribution in [3.8, 4) is 5.75 Å². The van der Waals surface area contributed by atoms with E-state index in [0.717, 1.165) is 0 Å². The van der Waals surface area contributed by atoms with Crippen LogP contribution in [0.1, 0.15) is 11.8 Å². The number of hydrogen-bond acceptors (Lipinski definition) is 5. The zero-order valence-electron chi connectivity index (χ0n) is 11.0. The van der Waals surface area contributed by atoms with Crippen molar-refractivity contribution in [3.05, 3.63) is 40.6 Å². The van der Waals surface area contributed by atoms with Gasteiger partial charge in [-0.2, -0.15) is 0 Å². The second-order valence-electron chi connectivity index (χ2n) is 3.98. The minimum Gasteiger partial charge on any atom is -0.494 e. The van der Waals surface area contributed by atoms with Crippen molar-refractivity contribution in [2.24, 2.45) is 5.73 Å². The summed E-state index contributed by atoms with van der Waals surface area (Å²) in [4.78, 5) is 0.877. The molecule has 0 aliphatic carbocycles. The summed E-state index contributed by atoms with van der Waals surface area (Å²) in [6, 6.07) is 8.33. The van der Waals surface area contributed by atoms with Gasteiger partial charge < -0.3 is 10.5 Å². The van der Waals surface area contributed by atoms with Crippen molar-refractivity contribution >= 4 is 27.0 Å². The molecule has 0 amide bonds. The van der Waals surface area contributed by atoms with Gasteiger partial charge in [0, 0.05) is 17.1 Å². The van der Waals surface area contributed by atoms with Gasteiger partial charge in [-0.05, 0) is 42.6 Å². The number of nitrogens with two attached hydrogens (primary N) is 1. The summed E-state index contributed by atoms with van der Waals surface area (Å²) in [7, 11) is -3.60. The number of ether oxygens (including phenoxy) is 1. The van der Waals surface area contributed by atoms with Gasteiger partial charge in [0.05, 0.1) is 6.61 Å². The molecule has 0 radical (unpaired) electrons. The largest absolute Gasteiger partial charge is 0.494 e. The van der Waals surface area contributed by atoms with Gasteiger partial charge in [-0.15, -0.1) is 11.3 Å². The van der Waals surface area contributed by atoms with Crippen LogP contribution in [-0.4, -0.2) is 15.0 Å². The standard InChI is InChI=1S/C13H16N2O3S2/c1-2-18-11-5-3-10(4-6-11)15-20(16,17)13-7-8-19-12(13)9-14/h3-8,15H,2,9,14H2,1H3. The molecule has 2 rings (SSSR count). The first kappa shape index (κ1) is 14.8. The second-order valence-corrected chi connectivity index (χ2v) is 6.63. The third-order valence-corrected chi connectivity index (χ3v) is 5.14. The second kappa shape index (κ2) is 6.25. The highest BCUT2D eigenvalue weighted by molar-refractivity contribution is 7.93. The number of thiophene rings is 1. The molecule has 20 heavy (non-hydrogen) atoms. The quantitative estimate of drug-likeness (QED) is 0.858. The van der Waals surface area contributed by atoms with E-state index >= 15 is 0 Å². The van der Waals surface area contributed by atoms with Crippen LogP contribution < -0.4 is 15.2 Å². The number of nitrogens with one attached hydrogen (secondary N) is 1. The van der Waals surface area contributed by atoms with E-state index < -0.39 is 10.0 Å². The van der Waals surface area contributed by atoms with Crippen molar-refractivity contribution < 1.29 is 13.2 Å². The summed E-state index contributed by atoms with van der Waals surface area (Å²) < 4.78 is 32.4. The van der Waals surface area contributed by atoms with E-state index in [-0.39, 0.29) is 11.4 Å². The number of sulfonamides is 1. The highest BCUT2D eigenvalue weighted by Gasteiger charge is 2.19. The normalized spacial score (nSPS) is 11.3. The Kier molecular flexibility index (Phi) is 4.64. The average Bonchev–Trinajstić information content (AvgIpc) is 2.90. The summed E-state index contributed by atoms with van der Waals surface area (Å²) in [5, 5.41) is 1.72. The van der Waals surface area contributed by atoms with E-state index in [4.69, 9.17) is 10.5 Å². The summed E-state index contributed by atoms with van der Waals surface area (Å²) in [5.74, 6) is 0.702. The molecule has 0 aliphatic rings. The van der Waals surface area contributed by atoms with Gasteiger partial charge in [-0.3, -0.25) is 4.72 Å². The van der Waals surface area contributed by atoms with Gasteiger partial charge in [0.15, 0.2) is 0 Å². The van der Waals surface area contributed by atoms with Gasteiger partial charge in [0.25, 0.3) is 10.0 Å². The van der Waals surface area contributed by atoms with Crippen LogP contribution >= 0.6 is 11.3 Å². The van der Waals surface area contributed by atoms with E-state index in [9.17, 15) is 8.42 Å². The Morgan fingerprint density at radius 3 is 2.55 bits per heavy atom. The Balaban J connectivity index is 2.20. The zero-order valence-corrected chi connectivity index (χ0v) is 12.6. The van der Waals surface area contributed by atoms with Crippen LogP contribution in [-0.2, 0) is 16.6 Å². The number of rotatable bonds is 6. The summed E-state index contributed by atoms with van der Waals surface area (Å²) in [5.41, 5.74) is 6.03. The maximum absolute atomic E-state index is 12.3. The number of benzene rings is 1. The average molecular weight is 312 g/mol. The smallest absolute Gasteiger partial charge is 0.263 e. The Labute approximate surface area is 122 Å². The maximum Gasteiger partial charge on any atom is 0.263 e. The van der Waals surface area contributed by atoms with Crippen LogP contribution in [0.25, 0.3) is 0 Å². The summed E-state index contributed by atoms with van der Waals surface area (Å²) in [6.07, 6.45) is 0. The summed E-state index contributed by atoms with van der Waals surface area (Å²) in [6.45, 7) is 2.67. The zero-order chi connectivity index (χ0) is 14.6. The van der Waals surface area contributed by atoms with E-state index in [2.05, 4.69) is 4.72 Å². The topological polar surface area (TPSA) is 81.4 Å². The predicted molar refractivity (Wildman–Crippen MR) is 80.6 cm³/mol. The number of hydrogen-bond donors (Lipinski definition) is 2. The predicted octanol–water partition coefficient (Wildman–Crippen LogP) is 2.41. The van der Waals surface area contributed by atoms with Gasteiger partial charge in [0.2, 0.25) is 0 Å². The highest BCUT2D eigenvalue weighted by atomic mass is 32.2. The Morgan fingerprint density at radius 2 is 1.95 bits per heavy atom. The van der Waals surface area contributed by atoms with Crippen LogP contribution in [0.3, 0.4) is 0 Å². The first-order chi connectivity index (χ1) is 9.56. The molecule has 0 aliphatic heterocycles. The molecule has 0 unspecified atom stereocenters. The van der Waals surface area contributed by atoms with Crippen molar-refractivity contribution in [1.82, 2.24) is 0 Å². The fourth-order valence-corrected chi connectivity index (χ4v) is 4.11. The molecule has 108 valence electrons. The monoisotopic (exact) mass is 312 g/mol. The van der Waals surface area contributed by atoms with Gasteiger partial charge in [-0.25, -0.2) is 8.42 Å². The molecule has 1 aromatic carbocycles. The van der Waals surface area contributed by atoms with Crippen molar-refractivity contribution in [3.63, 3.8) is 0 Å². The van der Waals surface area contributed by atoms with Gasteiger partial charge in [-0.1, -0.05) is 0 Å². The van der Waals surface area contributed by atoms with E-state index in [0.29, 0.717) is 22.9 Å². The molecular formula is C13H16N2O3S2. The third kappa shape index (κ3) is 3.30. The molecule has 1 aromatic heterocycles. The lowest BCUT2D eigenvalue weighted by atomic mass is 10.3. The van der Waals surface area contributed by atoms with Crippen molar-refractivity contribution in [2.45, 2.75) is 18.4 Å². The SMILES string of the molecule is CCOc1ccc(NS(=O)(=O)c2ccsc2CN)cc1. The minimum absolute atomic E-state index is 0.206. The first-order valence-electron chi connectivity index (χ1n) is 6.09. The van der Waals surface area contributed by atoms with E-state index in [1.54, 1.807) is 35.7 Å². The molecule has 0 atom stereocenters. The van der Waals surface area contributed by atoms with Crippen LogP contribution in [0.15, 0.2) is 40.6 Å².